The van der Waals surface area contributed by atoms with Gasteiger partial charge in [-0.25, -0.2) is 0 Å². The van der Waals surface area contributed by atoms with Gasteiger partial charge >= 0.3 is 0 Å². The molecule has 0 unspecified atom stereocenters. The molecular formula is C15H16ClN5. The van der Waals surface area contributed by atoms with Crippen LogP contribution in [0.1, 0.15) is 31.2 Å². The molecule has 2 aromatic heterocycles. The molecule has 3 rings (SSSR count). The number of rotatable bonds is 4. The minimum absolute atomic E-state index is 0.230. The summed E-state index contributed by atoms with van der Waals surface area (Å²) in [7, 11) is 0. The Morgan fingerprint density at radius 2 is 1.95 bits per heavy atom. The highest BCUT2D eigenvalue weighted by Gasteiger charge is 2.14. The molecule has 0 aliphatic carbocycles. The number of halogens is 1. The van der Waals surface area contributed by atoms with Crippen molar-refractivity contribution in [3.05, 3.63) is 52.9 Å². The zero-order valence-electron chi connectivity index (χ0n) is 11.9. The summed E-state index contributed by atoms with van der Waals surface area (Å²) in [5.41, 5.74) is 2.71. The molecule has 21 heavy (non-hydrogen) atoms. The van der Waals surface area contributed by atoms with Crippen LogP contribution in [-0.2, 0) is 6.54 Å². The summed E-state index contributed by atoms with van der Waals surface area (Å²) in [6, 6.07) is 11.9. The molecule has 2 heterocycles. The lowest BCUT2D eigenvalue weighted by atomic mass is 10.2. The van der Waals surface area contributed by atoms with Crippen LogP contribution in [0.25, 0.3) is 5.65 Å². The average Bonchev–Trinajstić information content (AvgIpc) is 2.89. The van der Waals surface area contributed by atoms with E-state index in [4.69, 9.17) is 11.6 Å². The van der Waals surface area contributed by atoms with Gasteiger partial charge in [-0.2, -0.15) is 9.61 Å². The van der Waals surface area contributed by atoms with Crippen molar-refractivity contribution in [1.82, 2.24) is 19.8 Å². The highest BCUT2D eigenvalue weighted by atomic mass is 35.5. The highest BCUT2D eigenvalue weighted by molar-refractivity contribution is 6.29. The SMILES string of the molecule is CC(C)c1nnc2c(NCc3ccccc3)cc(Cl)nn12. The van der Waals surface area contributed by atoms with Crippen LogP contribution >= 0.6 is 11.6 Å². The Kier molecular flexibility index (Phi) is 3.75. The van der Waals surface area contributed by atoms with E-state index in [1.807, 2.05) is 18.2 Å². The molecule has 0 saturated heterocycles. The second kappa shape index (κ2) is 5.69. The molecule has 0 spiro atoms. The minimum Gasteiger partial charge on any atom is -0.378 e. The summed E-state index contributed by atoms with van der Waals surface area (Å²) in [5, 5.41) is 16.5. The zero-order valence-corrected chi connectivity index (χ0v) is 12.7. The summed E-state index contributed by atoms with van der Waals surface area (Å²) in [6.07, 6.45) is 0. The van der Waals surface area contributed by atoms with Gasteiger partial charge in [-0.05, 0) is 5.56 Å². The van der Waals surface area contributed by atoms with E-state index in [-0.39, 0.29) is 5.92 Å². The van der Waals surface area contributed by atoms with E-state index < -0.39 is 0 Å². The molecule has 0 amide bonds. The Hall–Kier alpha value is -2.14. The van der Waals surface area contributed by atoms with Gasteiger partial charge in [0.2, 0.25) is 5.65 Å². The second-order valence-corrected chi connectivity index (χ2v) is 5.56. The van der Waals surface area contributed by atoms with Gasteiger partial charge in [0.1, 0.15) is 0 Å². The molecule has 0 radical (unpaired) electrons. The summed E-state index contributed by atoms with van der Waals surface area (Å²) in [6.45, 7) is 4.80. The lowest BCUT2D eigenvalue weighted by Crippen LogP contribution is -2.05. The number of benzene rings is 1. The van der Waals surface area contributed by atoms with Crippen LogP contribution in [0.4, 0.5) is 5.69 Å². The van der Waals surface area contributed by atoms with Gasteiger partial charge in [0.15, 0.2) is 11.0 Å². The van der Waals surface area contributed by atoms with Gasteiger partial charge in [-0.1, -0.05) is 55.8 Å². The van der Waals surface area contributed by atoms with Crippen LogP contribution in [0.15, 0.2) is 36.4 Å². The monoisotopic (exact) mass is 301 g/mol. The Morgan fingerprint density at radius 3 is 2.67 bits per heavy atom. The van der Waals surface area contributed by atoms with Gasteiger partial charge in [-0.15, -0.1) is 10.2 Å². The molecule has 0 aliphatic heterocycles. The van der Waals surface area contributed by atoms with Gasteiger partial charge in [0.05, 0.1) is 5.69 Å². The van der Waals surface area contributed by atoms with Crippen molar-refractivity contribution in [3.63, 3.8) is 0 Å². The van der Waals surface area contributed by atoms with E-state index in [1.165, 1.54) is 5.56 Å². The normalized spacial score (nSPS) is 11.2. The van der Waals surface area contributed by atoms with Crippen molar-refractivity contribution in [3.8, 4) is 0 Å². The lowest BCUT2D eigenvalue weighted by Gasteiger charge is -2.09. The fraction of sp³-hybridized carbons (Fsp3) is 0.267. The fourth-order valence-electron chi connectivity index (χ4n) is 2.15. The number of anilines is 1. The molecule has 1 N–H and O–H groups in total. The topological polar surface area (TPSA) is 55.1 Å². The van der Waals surface area contributed by atoms with Gasteiger partial charge in [-0.3, -0.25) is 0 Å². The maximum absolute atomic E-state index is 6.11. The Balaban J connectivity index is 1.95. The van der Waals surface area contributed by atoms with E-state index in [1.54, 1.807) is 10.6 Å². The van der Waals surface area contributed by atoms with Crippen molar-refractivity contribution in [2.45, 2.75) is 26.3 Å². The highest BCUT2D eigenvalue weighted by Crippen LogP contribution is 2.22. The van der Waals surface area contributed by atoms with Gasteiger partial charge < -0.3 is 5.32 Å². The number of fused-ring (bicyclic) bond motifs is 1. The third kappa shape index (κ3) is 2.83. The first-order valence-corrected chi connectivity index (χ1v) is 7.22. The molecule has 5 nitrogen and oxygen atoms in total. The third-order valence-electron chi connectivity index (χ3n) is 3.21. The van der Waals surface area contributed by atoms with Gasteiger partial charge in [0, 0.05) is 18.5 Å². The van der Waals surface area contributed by atoms with E-state index in [2.05, 4.69) is 46.6 Å². The van der Waals surface area contributed by atoms with E-state index in [0.717, 1.165) is 11.5 Å². The summed E-state index contributed by atoms with van der Waals surface area (Å²) in [5.74, 6) is 1.03. The lowest BCUT2D eigenvalue weighted by molar-refractivity contribution is 0.721. The largest absolute Gasteiger partial charge is 0.378 e. The van der Waals surface area contributed by atoms with Crippen molar-refractivity contribution in [1.29, 1.82) is 0 Å². The van der Waals surface area contributed by atoms with E-state index in [0.29, 0.717) is 17.3 Å². The van der Waals surface area contributed by atoms with Crippen molar-refractivity contribution in [2.75, 3.05) is 5.32 Å². The van der Waals surface area contributed by atoms with Crippen LogP contribution < -0.4 is 5.32 Å². The number of hydrogen-bond donors (Lipinski definition) is 1. The molecular weight excluding hydrogens is 286 g/mol. The Morgan fingerprint density at radius 1 is 1.19 bits per heavy atom. The first-order chi connectivity index (χ1) is 10.1. The number of hydrogen-bond acceptors (Lipinski definition) is 4. The number of aromatic nitrogens is 4. The summed E-state index contributed by atoms with van der Waals surface area (Å²) < 4.78 is 1.71. The van der Waals surface area contributed by atoms with Crippen LogP contribution in [0.2, 0.25) is 5.15 Å². The van der Waals surface area contributed by atoms with Crippen LogP contribution in [0.5, 0.6) is 0 Å². The second-order valence-electron chi connectivity index (χ2n) is 5.17. The smallest absolute Gasteiger partial charge is 0.201 e. The van der Waals surface area contributed by atoms with Crippen LogP contribution in [-0.4, -0.2) is 19.8 Å². The third-order valence-corrected chi connectivity index (χ3v) is 3.39. The van der Waals surface area contributed by atoms with Crippen LogP contribution in [0.3, 0.4) is 0 Å². The molecule has 0 atom stereocenters. The maximum Gasteiger partial charge on any atom is 0.201 e. The van der Waals surface area contributed by atoms with Crippen LogP contribution in [0, 0.1) is 0 Å². The standard InChI is InChI=1S/C15H16ClN5/c1-10(2)14-18-19-15-12(8-13(16)20-21(14)15)17-9-11-6-4-3-5-7-11/h3-8,10,17H,9H2,1-2H3. The summed E-state index contributed by atoms with van der Waals surface area (Å²) >= 11 is 6.11. The molecule has 108 valence electrons. The predicted octanol–water partition coefficient (Wildman–Crippen LogP) is 3.51. The number of nitrogens with zero attached hydrogens (tertiary/aromatic N) is 4. The average molecular weight is 302 g/mol. The fourth-order valence-corrected chi connectivity index (χ4v) is 2.33. The first kappa shape index (κ1) is 13.8. The zero-order chi connectivity index (χ0) is 14.8. The number of nitrogens with one attached hydrogen (secondary N) is 1. The Labute approximate surface area is 128 Å². The maximum atomic E-state index is 6.11. The van der Waals surface area contributed by atoms with Crippen molar-refractivity contribution >= 4 is 22.9 Å². The first-order valence-electron chi connectivity index (χ1n) is 6.85. The Bertz CT molecular complexity index is 751. The molecule has 1 aromatic carbocycles. The van der Waals surface area contributed by atoms with E-state index in [9.17, 15) is 0 Å². The molecule has 0 saturated carbocycles. The molecule has 0 bridgehead atoms. The molecule has 0 aliphatic rings. The molecule has 6 heteroatoms. The summed E-state index contributed by atoms with van der Waals surface area (Å²) in [4.78, 5) is 0. The van der Waals surface area contributed by atoms with Gasteiger partial charge in [0.25, 0.3) is 0 Å². The quantitative estimate of drug-likeness (QED) is 0.801. The predicted molar refractivity (Wildman–Crippen MR) is 83.6 cm³/mol. The molecule has 0 fully saturated rings. The van der Waals surface area contributed by atoms with E-state index >= 15 is 0 Å². The molecule has 3 aromatic rings. The van der Waals surface area contributed by atoms with Crippen molar-refractivity contribution < 1.29 is 0 Å². The van der Waals surface area contributed by atoms with Crippen molar-refractivity contribution in [2.24, 2.45) is 0 Å². The minimum atomic E-state index is 0.230.